The van der Waals surface area contributed by atoms with Crippen LogP contribution in [-0.2, 0) is 0 Å². The number of hydrogen-bond acceptors (Lipinski definition) is 4. The van der Waals surface area contributed by atoms with E-state index in [4.69, 9.17) is 16.3 Å². The van der Waals surface area contributed by atoms with Gasteiger partial charge in [0.25, 0.3) is 5.69 Å². The van der Waals surface area contributed by atoms with E-state index in [-0.39, 0.29) is 16.5 Å². The van der Waals surface area contributed by atoms with Crippen LogP contribution >= 0.6 is 11.6 Å². The van der Waals surface area contributed by atoms with Crippen LogP contribution in [0, 0.1) is 10.1 Å². The fraction of sp³-hybridized carbons (Fsp3) is 0.125. The SMILES string of the molecule is CNC(=O)Oc1ccc([N+](=O)[O-])c(Cl)c1. The highest BCUT2D eigenvalue weighted by molar-refractivity contribution is 6.32. The van der Waals surface area contributed by atoms with E-state index in [2.05, 4.69) is 5.32 Å². The number of nitrogens with one attached hydrogen (secondary N) is 1. The zero-order valence-electron chi connectivity index (χ0n) is 7.69. The van der Waals surface area contributed by atoms with Crippen molar-refractivity contribution in [2.75, 3.05) is 7.05 Å². The van der Waals surface area contributed by atoms with Gasteiger partial charge in [-0.15, -0.1) is 0 Å². The first-order valence-corrected chi connectivity index (χ1v) is 4.26. The molecule has 6 nitrogen and oxygen atoms in total. The molecule has 0 bridgehead atoms. The number of nitro benzene ring substituents is 1. The third-order valence-corrected chi connectivity index (χ3v) is 1.83. The number of nitro groups is 1. The predicted octanol–water partition coefficient (Wildman–Crippen LogP) is 1.97. The maximum atomic E-state index is 10.8. The second-order valence-corrected chi connectivity index (χ2v) is 2.92. The number of hydrogen-bond donors (Lipinski definition) is 1. The summed E-state index contributed by atoms with van der Waals surface area (Å²) in [6.45, 7) is 0. The zero-order chi connectivity index (χ0) is 11.4. The van der Waals surface area contributed by atoms with E-state index in [1.54, 1.807) is 0 Å². The Bertz CT molecular complexity index is 408. The quantitative estimate of drug-likeness (QED) is 0.622. The van der Waals surface area contributed by atoms with Crippen molar-refractivity contribution in [3.05, 3.63) is 33.3 Å². The third kappa shape index (κ3) is 2.81. The fourth-order valence-electron chi connectivity index (χ4n) is 0.857. The molecule has 0 heterocycles. The molecule has 7 heteroatoms. The van der Waals surface area contributed by atoms with Gasteiger partial charge in [0.15, 0.2) is 0 Å². The highest BCUT2D eigenvalue weighted by Crippen LogP contribution is 2.28. The average Bonchev–Trinajstić information content (AvgIpc) is 2.17. The molecule has 0 aliphatic rings. The van der Waals surface area contributed by atoms with E-state index in [0.29, 0.717) is 0 Å². The van der Waals surface area contributed by atoms with Gasteiger partial charge in [-0.2, -0.15) is 0 Å². The smallest absolute Gasteiger partial charge is 0.410 e. The molecule has 0 aliphatic carbocycles. The molecule has 0 unspecified atom stereocenters. The number of nitrogens with zero attached hydrogens (tertiary/aromatic N) is 1. The predicted molar refractivity (Wildman–Crippen MR) is 53.2 cm³/mol. The van der Waals surface area contributed by atoms with Crippen molar-refractivity contribution < 1.29 is 14.5 Å². The van der Waals surface area contributed by atoms with Crippen LogP contribution in [0.1, 0.15) is 0 Å². The number of rotatable bonds is 2. The monoisotopic (exact) mass is 230 g/mol. The molecule has 0 radical (unpaired) electrons. The van der Waals surface area contributed by atoms with Crippen LogP contribution in [0.25, 0.3) is 0 Å². The van der Waals surface area contributed by atoms with Gasteiger partial charge >= 0.3 is 6.09 Å². The van der Waals surface area contributed by atoms with Crippen molar-refractivity contribution in [2.24, 2.45) is 0 Å². The first kappa shape index (κ1) is 11.3. The second-order valence-electron chi connectivity index (χ2n) is 2.51. The van der Waals surface area contributed by atoms with Gasteiger partial charge < -0.3 is 10.1 Å². The Morgan fingerprint density at radius 2 is 2.27 bits per heavy atom. The molecule has 0 fully saturated rings. The lowest BCUT2D eigenvalue weighted by Gasteiger charge is -2.03. The Morgan fingerprint density at radius 3 is 2.73 bits per heavy atom. The molecule has 15 heavy (non-hydrogen) atoms. The summed E-state index contributed by atoms with van der Waals surface area (Å²) in [5.41, 5.74) is -0.235. The molecule has 0 aromatic heterocycles. The summed E-state index contributed by atoms with van der Waals surface area (Å²) < 4.78 is 4.72. The minimum Gasteiger partial charge on any atom is -0.410 e. The standard InChI is InChI=1S/C8H7ClN2O4/c1-10-8(12)15-5-2-3-7(11(13)14)6(9)4-5/h2-4H,1H3,(H,10,12). The fourth-order valence-corrected chi connectivity index (χ4v) is 1.10. The maximum Gasteiger partial charge on any atom is 0.412 e. The summed E-state index contributed by atoms with van der Waals surface area (Å²) in [7, 11) is 1.40. The van der Waals surface area contributed by atoms with Gasteiger partial charge in [-0.05, 0) is 6.07 Å². The largest absolute Gasteiger partial charge is 0.412 e. The highest BCUT2D eigenvalue weighted by Gasteiger charge is 2.13. The van der Waals surface area contributed by atoms with Crippen molar-refractivity contribution in [1.29, 1.82) is 0 Å². The van der Waals surface area contributed by atoms with Gasteiger partial charge in [-0.3, -0.25) is 10.1 Å². The van der Waals surface area contributed by atoms with Crippen LogP contribution in [0.3, 0.4) is 0 Å². The summed E-state index contributed by atoms with van der Waals surface area (Å²) in [5, 5.41) is 12.6. The van der Waals surface area contributed by atoms with Gasteiger partial charge in [0.05, 0.1) is 4.92 Å². The second kappa shape index (κ2) is 4.61. The minimum atomic E-state index is -0.667. The Labute approximate surface area is 89.9 Å². The number of carbonyl (C=O) groups excluding carboxylic acids is 1. The normalized spacial score (nSPS) is 9.47. The van der Waals surface area contributed by atoms with E-state index in [0.717, 1.165) is 0 Å². The molecular formula is C8H7ClN2O4. The van der Waals surface area contributed by atoms with E-state index in [1.165, 1.54) is 25.2 Å². The van der Waals surface area contributed by atoms with Gasteiger partial charge in [-0.1, -0.05) is 11.6 Å². The molecule has 1 aromatic rings. The highest BCUT2D eigenvalue weighted by atomic mass is 35.5. The lowest BCUT2D eigenvalue weighted by molar-refractivity contribution is -0.384. The summed E-state index contributed by atoms with van der Waals surface area (Å²) in [5.74, 6) is 0.143. The molecule has 1 amide bonds. The number of carbonyl (C=O) groups is 1. The van der Waals surface area contributed by atoms with Gasteiger partial charge in [0.2, 0.25) is 0 Å². The topological polar surface area (TPSA) is 81.5 Å². The van der Waals surface area contributed by atoms with Crippen molar-refractivity contribution in [3.63, 3.8) is 0 Å². The van der Waals surface area contributed by atoms with Crippen LogP contribution in [-0.4, -0.2) is 18.1 Å². The molecule has 0 saturated heterocycles. The van der Waals surface area contributed by atoms with E-state index < -0.39 is 11.0 Å². The lowest BCUT2D eigenvalue weighted by atomic mass is 10.3. The molecule has 80 valence electrons. The first-order valence-electron chi connectivity index (χ1n) is 3.88. The molecule has 0 atom stereocenters. The number of benzene rings is 1. The van der Waals surface area contributed by atoms with Crippen molar-refractivity contribution in [3.8, 4) is 5.75 Å². The van der Waals surface area contributed by atoms with Crippen molar-refractivity contribution in [1.82, 2.24) is 5.32 Å². The molecular weight excluding hydrogens is 224 g/mol. The molecule has 0 saturated carbocycles. The average molecular weight is 231 g/mol. The minimum absolute atomic E-state index is 0.0820. The zero-order valence-corrected chi connectivity index (χ0v) is 8.45. The van der Waals surface area contributed by atoms with Gasteiger partial charge in [-0.25, -0.2) is 4.79 Å². The van der Waals surface area contributed by atoms with Crippen molar-refractivity contribution >= 4 is 23.4 Å². The summed E-state index contributed by atoms with van der Waals surface area (Å²) in [6.07, 6.45) is -0.667. The van der Waals surface area contributed by atoms with Gasteiger partial charge in [0, 0.05) is 19.2 Å². The lowest BCUT2D eigenvalue weighted by Crippen LogP contribution is -2.21. The van der Waals surface area contributed by atoms with E-state index in [9.17, 15) is 14.9 Å². The number of ether oxygens (including phenoxy) is 1. The molecule has 0 spiro atoms. The Morgan fingerprint density at radius 1 is 1.60 bits per heavy atom. The summed E-state index contributed by atoms with van der Waals surface area (Å²) >= 11 is 5.60. The van der Waals surface area contributed by atoms with Crippen LogP contribution in [0.5, 0.6) is 5.75 Å². The van der Waals surface area contributed by atoms with Crippen LogP contribution < -0.4 is 10.1 Å². The van der Waals surface area contributed by atoms with Crippen LogP contribution in [0.2, 0.25) is 5.02 Å². The molecule has 1 rings (SSSR count). The van der Waals surface area contributed by atoms with E-state index in [1.807, 2.05) is 0 Å². The third-order valence-electron chi connectivity index (χ3n) is 1.53. The van der Waals surface area contributed by atoms with Crippen molar-refractivity contribution in [2.45, 2.75) is 0 Å². The first-order chi connectivity index (χ1) is 7.04. The molecule has 1 aromatic carbocycles. The summed E-state index contributed by atoms with van der Waals surface area (Å²) in [4.78, 5) is 20.6. The Kier molecular flexibility index (Phi) is 3.46. The number of halogens is 1. The van der Waals surface area contributed by atoms with Crippen LogP contribution in [0.4, 0.5) is 10.5 Å². The van der Waals surface area contributed by atoms with Gasteiger partial charge in [0.1, 0.15) is 10.8 Å². The number of amides is 1. The Balaban J connectivity index is 2.91. The summed E-state index contributed by atoms with van der Waals surface area (Å²) in [6, 6.07) is 3.66. The van der Waals surface area contributed by atoms with Crippen LogP contribution in [0.15, 0.2) is 18.2 Å². The molecule has 0 aliphatic heterocycles. The van der Waals surface area contributed by atoms with E-state index >= 15 is 0 Å². The Hall–Kier alpha value is -1.82. The maximum absolute atomic E-state index is 10.8. The molecule has 1 N–H and O–H groups in total.